The van der Waals surface area contributed by atoms with Crippen molar-refractivity contribution in [2.75, 3.05) is 0 Å². The summed E-state index contributed by atoms with van der Waals surface area (Å²) in [5.41, 5.74) is 0.527. The number of aromatic nitrogens is 1. The summed E-state index contributed by atoms with van der Waals surface area (Å²) in [5.74, 6) is -0.236. The Morgan fingerprint density at radius 3 is 2.73 bits per heavy atom. The topological polar surface area (TPSA) is 22.1 Å². The number of rotatable bonds is 1. The molecular formula is C9H6F3NOS. The number of hydrogen-bond acceptors (Lipinski definition) is 3. The normalized spacial score (nSPS) is 12.0. The van der Waals surface area contributed by atoms with Gasteiger partial charge in [0.05, 0.1) is 15.2 Å². The average Bonchev–Trinajstić information content (AvgIpc) is 2.40. The predicted octanol–water partition coefficient (Wildman–Crippen LogP) is 3.50. The Balaban J connectivity index is 2.38. The smallest absolute Gasteiger partial charge is 0.406 e. The molecule has 0 spiro atoms. The van der Waals surface area contributed by atoms with Gasteiger partial charge >= 0.3 is 6.36 Å². The minimum Gasteiger partial charge on any atom is -0.406 e. The molecule has 0 aliphatic rings. The van der Waals surface area contributed by atoms with Crippen LogP contribution in [0.1, 0.15) is 5.01 Å². The van der Waals surface area contributed by atoms with Crippen molar-refractivity contribution in [2.45, 2.75) is 13.3 Å². The predicted molar refractivity (Wildman–Crippen MR) is 51.0 cm³/mol. The van der Waals surface area contributed by atoms with Gasteiger partial charge in [-0.25, -0.2) is 4.98 Å². The van der Waals surface area contributed by atoms with Gasteiger partial charge in [0.15, 0.2) is 0 Å². The van der Waals surface area contributed by atoms with Crippen LogP contribution in [-0.2, 0) is 0 Å². The molecule has 0 atom stereocenters. The van der Waals surface area contributed by atoms with Crippen LogP contribution in [0.2, 0.25) is 0 Å². The van der Waals surface area contributed by atoms with Crippen LogP contribution in [0.4, 0.5) is 13.2 Å². The largest absolute Gasteiger partial charge is 0.573 e. The third-order valence-electron chi connectivity index (χ3n) is 1.70. The van der Waals surface area contributed by atoms with Gasteiger partial charge in [-0.15, -0.1) is 24.5 Å². The van der Waals surface area contributed by atoms with E-state index >= 15 is 0 Å². The van der Waals surface area contributed by atoms with E-state index in [1.165, 1.54) is 23.5 Å². The Morgan fingerprint density at radius 2 is 2.07 bits per heavy atom. The minimum absolute atomic E-state index is 0.236. The Hall–Kier alpha value is -1.30. The van der Waals surface area contributed by atoms with E-state index in [4.69, 9.17) is 0 Å². The number of nitrogens with zero attached hydrogens (tertiary/aromatic N) is 1. The van der Waals surface area contributed by atoms with E-state index in [9.17, 15) is 13.2 Å². The van der Waals surface area contributed by atoms with Crippen molar-refractivity contribution in [3.8, 4) is 5.75 Å². The van der Waals surface area contributed by atoms with Crippen molar-refractivity contribution in [1.82, 2.24) is 4.98 Å². The average molecular weight is 233 g/mol. The van der Waals surface area contributed by atoms with Crippen molar-refractivity contribution in [3.63, 3.8) is 0 Å². The third-order valence-corrected chi connectivity index (χ3v) is 2.65. The van der Waals surface area contributed by atoms with Crippen LogP contribution >= 0.6 is 11.3 Å². The zero-order valence-corrected chi connectivity index (χ0v) is 8.45. The highest BCUT2D eigenvalue weighted by Gasteiger charge is 2.31. The summed E-state index contributed by atoms with van der Waals surface area (Å²) in [6, 6.07) is 4.14. The van der Waals surface area contributed by atoms with Crippen molar-refractivity contribution in [2.24, 2.45) is 0 Å². The Labute approximate surface area is 87.3 Å². The second kappa shape index (κ2) is 3.37. The lowest BCUT2D eigenvalue weighted by Gasteiger charge is -2.07. The Kier molecular flexibility index (Phi) is 2.30. The molecule has 0 N–H and O–H groups in total. The molecular weight excluding hydrogens is 227 g/mol. The highest BCUT2D eigenvalue weighted by atomic mass is 32.1. The fourth-order valence-corrected chi connectivity index (χ4v) is 2.03. The summed E-state index contributed by atoms with van der Waals surface area (Å²) >= 11 is 1.43. The number of aryl methyl sites for hydroxylation is 1. The lowest BCUT2D eigenvalue weighted by molar-refractivity contribution is -0.274. The van der Waals surface area contributed by atoms with Crippen LogP contribution in [-0.4, -0.2) is 11.3 Å². The lowest BCUT2D eigenvalue weighted by Crippen LogP contribution is -2.16. The van der Waals surface area contributed by atoms with Gasteiger partial charge in [-0.05, 0) is 19.1 Å². The molecule has 0 saturated heterocycles. The van der Waals surface area contributed by atoms with Gasteiger partial charge in [-0.1, -0.05) is 0 Å². The molecule has 2 aromatic rings. The zero-order chi connectivity index (χ0) is 11.1. The van der Waals surface area contributed by atoms with Gasteiger partial charge < -0.3 is 4.74 Å². The van der Waals surface area contributed by atoms with Crippen LogP contribution < -0.4 is 4.74 Å². The molecule has 0 bridgehead atoms. The molecule has 1 aromatic carbocycles. The van der Waals surface area contributed by atoms with Gasteiger partial charge in [0, 0.05) is 6.07 Å². The van der Waals surface area contributed by atoms with Crippen LogP contribution in [0, 0.1) is 6.92 Å². The zero-order valence-electron chi connectivity index (χ0n) is 7.63. The summed E-state index contributed by atoms with van der Waals surface area (Å²) in [5, 5.41) is 0.814. The first-order valence-electron chi connectivity index (χ1n) is 4.07. The molecule has 0 fully saturated rings. The van der Waals surface area contributed by atoms with E-state index in [2.05, 4.69) is 9.72 Å². The number of fused-ring (bicyclic) bond motifs is 1. The van der Waals surface area contributed by atoms with Gasteiger partial charge in [0.25, 0.3) is 0 Å². The van der Waals surface area contributed by atoms with Gasteiger partial charge in [-0.3, -0.25) is 0 Å². The van der Waals surface area contributed by atoms with Crippen molar-refractivity contribution >= 4 is 21.6 Å². The summed E-state index contributed by atoms with van der Waals surface area (Å²) in [6.45, 7) is 1.80. The molecule has 0 saturated carbocycles. The first-order valence-corrected chi connectivity index (χ1v) is 4.89. The standard InChI is InChI=1S/C9H6F3NOS/c1-5-13-7-4-6(14-9(10,11)12)2-3-8(7)15-5/h2-4H,1H3. The molecule has 0 aliphatic carbocycles. The molecule has 2 rings (SSSR count). The Morgan fingerprint density at radius 1 is 1.33 bits per heavy atom. The highest BCUT2D eigenvalue weighted by Crippen LogP contribution is 2.28. The minimum atomic E-state index is -4.65. The second-order valence-corrected chi connectivity index (χ2v) is 4.14. The quantitative estimate of drug-likeness (QED) is 0.752. The summed E-state index contributed by atoms with van der Waals surface area (Å²) in [4.78, 5) is 4.07. The maximum absolute atomic E-state index is 11.9. The van der Waals surface area contributed by atoms with E-state index < -0.39 is 6.36 Å². The molecule has 0 aliphatic heterocycles. The SMILES string of the molecule is Cc1nc2cc(OC(F)(F)F)ccc2s1. The first-order chi connectivity index (χ1) is 6.94. The molecule has 1 heterocycles. The van der Waals surface area contributed by atoms with E-state index in [1.54, 1.807) is 13.0 Å². The fraction of sp³-hybridized carbons (Fsp3) is 0.222. The molecule has 0 amide bonds. The van der Waals surface area contributed by atoms with E-state index in [0.717, 1.165) is 9.71 Å². The number of thiazole rings is 1. The molecule has 6 heteroatoms. The highest BCUT2D eigenvalue weighted by molar-refractivity contribution is 7.18. The van der Waals surface area contributed by atoms with Crippen LogP contribution in [0.25, 0.3) is 10.2 Å². The number of ether oxygens (including phenoxy) is 1. The summed E-state index contributed by atoms with van der Waals surface area (Å²) < 4.78 is 40.4. The maximum atomic E-state index is 11.9. The summed E-state index contributed by atoms with van der Waals surface area (Å²) in [7, 11) is 0. The molecule has 80 valence electrons. The van der Waals surface area contributed by atoms with Gasteiger partial charge in [0.2, 0.25) is 0 Å². The molecule has 2 nitrogen and oxygen atoms in total. The van der Waals surface area contributed by atoms with Gasteiger partial charge in [0.1, 0.15) is 5.75 Å². The number of benzene rings is 1. The van der Waals surface area contributed by atoms with E-state index in [-0.39, 0.29) is 5.75 Å². The molecule has 0 unspecified atom stereocenters. The van der Waals surface area contributed by atoms with Crippen molar-refractivity contribution in [3.05, 3.63) is 23.2 Å². The van der Waals surface area contributed by atoms with E-state index in [0.29, 0.717) is 5.52 Å². The van der Waals surface area contributed by atoms with Crippen LogP contribution in [0.15, 0.2) is 18.2 Å². The fourth-order valence-electron chi connectivity index (χ4n) is 1.22. The van der Waals surface area contributed by atoms with Gasteiger partial charge in [-0.2, -0.15) is 0 Å². The van der Waals surface area contributed by atoms with Crippen LogP contribution in [0.3, 0.4) is 0 Å². The second-order valence-electron chi connectivity index (χ2n) is 2.91. The van der Waals surface area contributed by atoms with Crippen molar-refractivity contribution < 1.29 is 17.9 Å². The first kappa shape index (κ1) is 10.2. The number of halogens is 3. The molecule has 0 radical (unpaired) electrons. The third kappa shape index (κ3) is 2.38. The van der Waals surface area contributed by atoms with Crippen molar-refractivity contribution in [1.29, 1.82) is 0 Å². The molecule has 1 aromatic heterocycles. The van der Waals surface area contributed by atoms with Crippen LogP contribution in [0.5, 0.6) is 5.75 Å². The molecule has 15 heavy (non-hydrogen) atoms. The Bertz CT molecular complexity index is 492. The number of alkyl halides is 3. The van der Waals surface area contributed by atoms with E-state index in [1.807, 2.05) is 0 Å². The summed E-state index contributed by atoms with van der Waals surface area (Å²) in [6.07, 6.45) is -4.65. The number of hydrogen-bond donors (Lipinski definition) is 0. The lowest BCUT2D eigenvalue weighted by atomic mass is 10.3. The monoisotopic (exact) mass is 233 g/mol. The maximum Gasteiger partial charge on any atom is 0.573 e.